The molecule has 4 heterocycles. The molecule has 4 aliphatic heterocycles. The molecule has 2 fully saturated rings. The second-order valence-electron chi connectivity index (χ2n) is 16.9. The van der Waals surface area contributed by atoms with Gasteiger partial charge in [0.25, 0.3) is 0 Å². The highest BCUT2D eigenvalue weighted by Crippen LogP contribution is 2.24. The number of nitrogens with zero attached hydrogens (tertiary/aromatic N) is 2. The van der Waals surface area contributed by atoms with Crippen molar-refractivity contribution in [2.24, 2.45) is 23.7 Å². The number of amides is 1. The van der Waals surface area contributed by atoms with Gasteiger partial charge in [-0.25, -0.2) is 0 Å². The Morgan fingerprint density at radius 3 is 1.75 bits per heavy atom. The van der Waals surface area contributed by atoms with Gasteiger partial charge in [0.2, 0.25) is 5.91 Å². The van der Waals surface area contributed by atoms with Crippen LogP contribution in [-0.2, 0) is 30.7 Å². The summed E-state index contributed by atoms with van der Waals surface area (Å²) >= 11 is 0. The summed E-state index contributed by atoms with van der Waals surface area (Å²) in [6.07, 6.45) is 6.92. The Balaban J connectivity index is 0.000000198. The Morgan fingerprint density at radius 1 is 0.725 bits per heavy atom. The van der Waals surface area contributed by atoms with Gasteiger partial charge in [-0.1, -0.05) is 53.7 Å². The maximum absolute atomic E-state index is 12.8. The number of nitrogens with one attached hydrogen (secondary N) is 4. The van der Waals surface area contributed by atoms with Crippen LogP contribution in [0.2, 0.25) is 0 Å². The van der Waals surface area contributed by atoms with E-state index in [-0.39, 0.29) is 23.7 Å². The minimum Gasteiger partial charge on any atom is -0.508 e. The van der Waals surface area contributed by atoms with Crippen molar-refractivity contribution in [3.8, 4) is 11.5 Å². The highest BCUT2D eigenvalue weighted by Gasteiger charge is 2.29. The van der Waals surface area contributed by atoms with Crippen LogP contribution in [0.25, 0.3) is 0 Å². The number of piperidine rings is 2. The first kappa shape index (κ1) is 39.5. The van der Waals surface area contributed by atoms with Crippen LogP contribution < -0.4 is 21.3 Å². The van der Waals surface area contributed by atoms with Crippen molar-refractivity contribution in [1.29, 1.82) is 0 Å². The summed E-state index contributed by atoms with van der Waals surface area (Å²) in [6.45, 7) is 23.1. The van der Waals surface area contributed by atoms with Gasteiger partial charge in [0.05, 0.1) is 6.04 Å². The first-order valence-corrected chi connectivity index (χ1v) is 20.0. The van der Waals surface area contributed by atoms with E-state index in [9.17, 15) is 15.0 Å². The van der Waals surface area contributed by atoms with Crippen molar-refractivity contribution < 1.29 is 15.0 Å². The molecule has 6 N–H and O–H groups in total. The topological polar surface area (TPSA) is 112 Å². The fourth-order valence-corrected chi connectivity index (χ4v) is 7.96. The van der Waals surface area contributed by atoms with Crippen LogP contribution in [-0.4, -0.2) is 95.9 Å². The third kappa shape index (κ3) is 11.9. The molecule has 0 unspecified atom stereocenters. The number of carbonyl (C=O) groups is 1. The number of benzene rings is 2. The molecule has 9 heteroatoms. The normalized spacial score (nSPS) is 23.2. The van der Waals surface area contributed by atoms with E-state index in [0.717, 1.165) is 62.1 Å². The Kier molecular flexibility index (Phi) is 14.6. The third-order valence-electron chi connectivity index (χ3n) is 11.9. The third-order valence-corrected chi connectivity index (χ3v) is 11.9. The minimum atomic E-state index is -0.199. The first-order chi connectivity index (χ1) is 24.4. The number of rotatable bonds is 11. The standard InChI is InChI=1S/C21H33N3O2.C21H35N3O/c1-14(2)20(13-24-8-6-15(3)7-9-24)23-21(26)19-11-16-4-5-18(25)10-17(16)12-22-19;1-15(2)21(14-24-8-6-16(3)7-9-24)23-13-19-10-17-4-5-20(25)11-18(17)12-22-19/h4-5,10,14-15,19-20,22,25H,6-9,11-13H2,1-3H3,(H,23,26);4-5,11,15-16,19,21-23,25H,6-10,12-14H2,1-3H3/t19-,20-;19-,21-/m11/s1. The van der Waals surface area contributed by atoms with Crippen LogP contribution in [0.5, 0.6) is 11.5 Å². The molecular formula is C42H68N6O3. The van der Waals surface area contributed by atoms with Gasteiger partial charge in [-0.05, 0) is 135 Å². The number of hydrogen-bond acceptors (Lipinski definition) is 8. The molecule has 2 saturated heterocycles. The fraction of sp³-hybridized carbons (Fsp3) is 0.690. The van der Waals surface area contributed by atoms with E-state index in [0.29, 0.717) is 42.6 Å². The quantitative estimate of drug-likeness (QED) is 0.193. The maximum atomic E-state index is 12.8. The Bertz CT molecular complexity index is 1380. The van der Waals surface area contributed by atoms with E-state index >= 15 is 0 Å². The van der Waals surface area contributed by atoms with Gasteiger partial charge in [0, 0.05) is 50.8 Å². The van der Waals surface area contributed by atoms with Crippen molar-refractivity contribution in [3.63, 3.8) is 0 Å². The highest BCUT2D eigenvalue weighted by molar-refractivity contribution is 5.82. The average Bonchev–Trinajstić information content (AvgIpc) is 3.11. The highest BCUT2D eigenvalue weighted by atomic mass is 16.3. The van der Waals surface area contributed by atoms with Gasteiger partial charge in [0.15, 0.2) is 0 Å². The lowest BCUT2D eigenvalue weighted by molar-refractivity contribution is -0.124. The zero-order valence-electron chi connectivity index (χ0n) is 32.4. The molecule has 0 saturated carbocycles. The van der Waals surface area contributed by atoms with E-state index in [4.69, 9.17) is 0 Å². The molecule has 6 rings (SSSR count). The summed E-state index contributed by atoms with van der Waals surface area (Å²) in [5, 5.41) is 33.3. The summed E-state index contributed by atoms with van der Waals surface area (Å²) < 4.78 is 0. The molecular weight excluding hydrogens is 637 g/mol. The number of hydrogen-bond donors (Lipinski definition) is 6. The van der Waals surface area contributed by atoms with Crippen LogP contribution in [0.15, 0.2) is 36.4 Å². The summed E-state index contributed by atoms with van der Waals surface area (Å²) in [6, 6.07) is 12.2. The number of fused-ring (bicyclic) bond motifs is 2. The first-order valence-electron chi connectivity index (χ1n) is 20.0. The van der Waals surface area contributed by atoms with Crippen LogP contribution in [0.3, 0.4) is 0 Å². The minimum absolute atomic E-state index is 0.0906. The molecule has 2 aromatic rings. The van der Waals surface area contributed by atoms with Gasteiger partial charge >= 0.3 is 0 Å². The Hall–Kier alpha value is -2.69. The van der Waals surface area contributed by atoms with E-state index < -0.39 is 0 Å². The van der Waals surface area contributed by atoms with Crippen molar-refractivity contribution in [2.45, 2.75) is 117 Å². The number of phenols is 2. The molecule has 2 aromatic carbocycles. The fourth-order valence-electron chi connectivity index (χ4n) is 7.96. The van der Waals surface area contributed by atoms with Gasteiger partial charge < -0.3 is 41.3 Å². The van der Waals surface area contributed by atoms with Crippen LogP contribution >= 0.6 is 0 Å². The average molecular weight is 705 g/mol. The van der Waals surface area contributed by atoms with Gasteiger partial charge in [0.1, 0.15) is 11.5 Å². The van der Waals surface area contributed by atoms with Crippen LogP contribution in [0.1, 0.15) is 89.5 Å². The second kappa shape index (κ2) is 18.9. The number of phenolic OH excluding ortho intramolecular Hbond substituents is 2. The van der Waals surface area contributed by atoms with E-state index in [1.807, 2.05) is 18.2 Å². The molecule has 1 amide bonds. The lowest BCUT2D eigenvalue weighted by atomic mass is 9.94. The van der Waals surface area contributed by atoms with Crippen molar-refractivity contribution in [2.75, 3.05) is 45.8 Å². The monoisotopic (exact) mass is 705 g/mol. The lowest BCUT2D eigenvalue weighted by Gasteiger charge is -2.36. The number of aromatic hydroxyl groups is 2. The molecule has 9 nitrogen and oxygen atoms in total. The SMILES string of the molecule is CC1CCN(C[C@@H](NC(=O)[C@H]2Cc3ccc(O)cc3CN2)C(C)C)CC1.CC1CCN(C[C@@H](NC[C@H]2Cc3ccc(O)cc3CN2)C(C)C)CC1. The van der Waals surface area contributed by atoms with Crippen molar-refractivity contribution in [3.05, 3.63) is 58.7 Å². The van der Waals surface area contributed by atoms with E-state index in [2.05, 4.69) is 78.7 Å². The van der Waals surface area contributed by atoms with Crippen molar-refractivity contribution in [1.82, 2.24) is 31.1 Å². The van der Waals surface area contributed by atoms with Crippen LogP contribution in [0, 0.1) is 23.7 Å². The zero-order valence-corrected chi connectivity index (χ0v) is 32.4. The molecule has 0 bridgehead atoms. The van der Waals surface area contributed by atoms with Gasteiger partial charge in [-0.3, -0.25) is 4.79 Å². The lowest BCUT2D eigenvalue weighted by Crippen LogP contribution is -2.54. The second-order valence-corrected chi connectivity index (χ2v) is 16.9. The van der Waals surface area contributed by atoms with Gasteiger partial charge in [-0.15, -0.1) is 0 Å². The summed E-state index contributed by atoms with van der Waals surface area (Å²) in [4.78, 5) is 18.0. The van der Waals surface area contributed by atoms with Crippen molar-refractivity contribution >= 4 is 5.91 Å². The molecule has 284 valence electrons. The van der Waals surface area contributed by atoms with E-state index in [1.54, 1.807) is 12.1 Å². The zero-order chi connectivity index (χ0) is 36.5. The molecule has 0 spiro atoms. The molecule has 0 aromatic heterocycles. The summed E-state index contributed by atoms with van der Waals surface area (Å²) in [7, 11) is 0. The molecule has 51 heavy (non-hydrogen) atoms. The van der Waals surface area contributed by atoms with E-state index in [1.165, 1.54) is 56.4 Å². The summed E-state index contributed by atoms with van der Waals surface area (Å²) in [5.74, 6) is 3.51. The largest absolute Gasteiger partial charge is 0.508 e. The number of carbonyl (C=O) groups excluding carboxylic acids is 1. The number of likely N-dealkylation sites (tertiary alicyclic amines) is 2. The Labute approximate surface area is 308 Å². The van der Waals surface area contributed by atoms with Gasteiger partial charge in [-0.2, -0.15) is 0 Å². The summed E-state index contributed by atoms with van der Waals surface area (Å²) in [5.41, 5.74) is 4.83. The predicted molar refractivity (Wildman–Crippen MR) is 208 cm³/mol. The van der Waals surface area contributed by atoms with Crippen LogP contribution in [0.4, 0.5) is 0 Å². The Morgan fingerprint density at radius 2 is 1.22 bits per heavy atom. The molecule has 0 aliphatic carbocycles. The molecule has 4 atom stereocenters. The molecule has 0 radical (unpaired) electrons. The smallest absolute Gasteiger partial charge is 0.237 e. The maximum Gasteiger partial charge on any atom is 0.237 e. The molecule has 4 aliphatic rings. The predicted octanol–water partition coefficient (Wildman–Crippen LogP) is 5.03.